The Kier molecular flexibility index (Phi) is 9.79. The third-order valence-corrected chi connectivity index (χ3v) is 3.54. The summed E-state index contributed by atoms with van der Waals surface area (Å²) in [6.45, 7) is 3.12. The fourth-order valence-corrected chi connectivity index (χ4v) is 2.36. The quantitative estimate of drug-likeness (QED) is 0.362. The molecule has 0 amide bonds. The Labute approximate surface area is 171 Å². The van der Waals surface area contributed by atoms with Crippen LogP contribution in [0.4, 0.5) is 10.1 Å². The average molecular weight is 473 g/mol. The highest BCUT2D eigenvalue weighted by Gasteiger charge is 2.07. The number of anilines is 1. The molecule has 0 unspecified atom stereocenters. The number of hydrogen-bond donors (Lipinski definition) is 2. The summed E-state index contributed by atoms with van der Waals surface area (Å²) in [5.74, 6) is 1.76. The lowest BCUT2D eigenvalue weighted by Gasteiger charge is -2.14. The van der Waals surface area contributed by atoms with Crippen LogP contribution in [0.25, 0.3) is 0 Å². The Morgan fingerprint density at radius 1 is 1.15 bits per heavy atom. The van der Waals surface area contributed by atoms with Gasteiger partial charge in [0, 0.05) is 25.3 Å². The maximum Gasteiger partial charge on any atom is 0.195 e. The van der Waals surface area contributed by atoms with Gasteiger partial charge in [-0.15, -0.1) is 24.0 Å². The standard InChI is InChI=1S/C19H24FN3O2.HI/c1-4-25-18-13-16(8-9-17(18)24-3)23-19(21-2)22-11-10-14-6-5-7-15(20)12-14;/h5-9,12-13H,4,10-11H2,1-3H3,(H2,21,22,23);1H. The van der Waals surface area contributed by atoms with Crippen molar-refractivity contribution < 1.29 is 13.9 Å². The molecule has 5 nitrogen and oxygen atoms in total. The summed E-state index contributed by atoms with van der Waals surface area (Å²) < 4.78 is 24.0. The summed E-state index contributed by atoms with van der Waals surface area (Å²) in [5, 5.41) is 6.42. The average Bonchev–Trinajstić information content (AvgIpc) is 2.61. The number of guanidine groups is 1. The number of nitrogens with zero attached hydrogens (tertiary/aromatic N) is 1. The van der Waals surface area contributed by atoms with E-state index >= 15 is 0 Å². The molecule has 26 heavy (non-hydrogen) atoms. The molecule has 0 fully saturated rings. The van der Waals surface area contributed by atoms with Crippen LogP contribution in [-0.2, 0) is 6.42 Å². The van der Waals surface area contributed by atoms with Gasteiger partial charge in [0.1, 0.15) is 5.82 Å². The second-order valence-corrected chi connectivity index (χ2v) is 5.30. The van der Waals surface area contributed by atoms with E-state index in [1.807, 2.05) is 31.2 Å². The predicted octanol–water partition coefficient (Wildman–Crippen LogP) is 4.08. The van der Waals surface area contributed by atoms with Gasteiger partial charge in [0.05, 0.1) is 13.7 Å². The maximum absolute atomic E-state index is 13.2. The Hall–Kier alpha value is -2.03. The van der Waals surface area contributed by atoms with Crippen LogP contribution in [0.15, 0.2) is 47.5 Å². The SMILES string of the molecule is CCOc1cc(NC(=NC)NCCc2cccc(F)c2)ccc1OC.I. The van der Waals surface area contributed by atoms with E-state index in [1.54, 1.807) is 20.2 Å². The first kappa shape index (κ1) is 22.0. The highest BCUT2D eigenvalue weighted by Crippen LogP contribution is 2.30. The van der Waals surface area contributed by atoms with Gasteiger partial charge in [-0.1, -0.05) is 12.1 Å². The molecule has 7 heteroatoms. The molecule has 0 aliphatic rings. The molecular weight excluding hydrogens is 448 g/mol. The van der Waals surface area contributed by atoms with E-state index in [0.717, 1.165) is 11.3 Å². The second-order valence-electron chi connectivity index (χ2n) is 5.30. The largest absolute Gasteiger partial charge is 0.493 e. The summed E-state index contributed by atoms with van der Waals surface area (Å²) in [4.78, 5) is 4.20. The smallest absolute Gasteiger partial charge is 0.195 e. The van der Waals surface area contributed by atoms with E-state index in [2.05, 4.69) is 15.6 Å². The number of halogens is 2. The monoisotopic (exact) mass is 473 g/mol. The molecule has 0 aliphatic heterocycles. The molecule has 0 bridgehead atoms. The minimum Gasteiger partial charge on any atom is -0.493 e. The first-order chi connectivity index (χ1) is 12.2. The molecule has 2 aromatic rings. The summed E-state index contributed by atoms with van der Waals surface area (Å²) in [5.41, 5.74) is 1.77. The van der Waals surface area contributed by atoms with Crippen molar-refractivity contribution in [1.82, 2.24) is 5.32 Å². The zero-order valence-electron chi connectivity index (χ0n) is 15.2. The van der Waals surface area contributed by atoms with Crippen molar-refractivity contribution in [3.63, 3.8) is 0 Å². The van der Waals surface area contributed by atoms with Crippen LogP contribution in [-0.4, -0.2) is 33.3 Å². The molecule has 0 atom stereocenters. The predicted molar refractivity (Wildman–Crippen MR) is 115 cm³/mol. The van der Waals surface area contributed by atoms with Crippen molar-refractivity contribution >= 4 is 35.6 Å². The number of aliphatic imine (C=N–C) groups is 1. The van der Waals surface area contributed by atoms with Crippen molar-refractivity contribution in [3.05, 3.63) is 53.8 Å². The van der Waals surface area contributed by atoms with Crippen LogP contribution in [0, 0.1) is 5.82 Å². The highest BCUT2D eigenvalue weighted by molar-refractivity contribution is 14.0. The van der Waals surface area contributed by atoms with Gasteiger partial charge in [-0.05, 0) is 43.2 Å². The van der Waals surface area contributed by atoms with E-state index in [1.165, 1.54) is 12.1 Å². The van der Waals surface area contributed by atoms with Gasteiger partial charge in [0.2, 0.25) is 0 Å². The number of ether oxygens (including phenoxy) is 2. The van der Waals surface area contributed by atoms with Crippen LogP contribution in [0.1, 0.15) is 12.5 Å². The topological polar surface area (TPSA) is 54.9 Å². The molecule has 2 N–H and O–H groups in total. The second kappa shape index (κ2) is 11.6. The lowest BCUT2D eigenvalue weighted by atomic mass is 10.1. The molecule has 0 saturated carbocycles. The fourth-order valence-electron chi connectivity index (χ4n) is 2.36. The van der Waals surface area contributed by atoms with Crippen molar-refractivity contribution in [2.24, 2.45) is 4.99 Å². The molecule has 0 heterocycles. The fraction of sp³-hybridized carbons (Fsp3) is 0.316. The van der Waals surface area contributed by atoms with Crippen molar-refractivity contribution in [3.8, 4) is 11.5 Å². The van der Waals surface area contributed by atoms with Gasteiger partial charge < -0.3 is 20.1 Å². The number of benzene rings is 2. The molecule has 0 aliphatic carbocycles. The Morgan fingerprint density at radius 3 is 2.62 bits per heavy atom. The van der Waals surface area contributed by atoms with Gasteiger partial charge in [-0.25, -0.2) is 4.39 Å². The van der Waals surface area contributed by atoms with Crippen LogP contribution in [0.5, 0.6) is 11.5 Å². The summed E-state index contributed by atoms with van der Waals surface area (Å²) >= 11 is 0. The number of methoxy groups -OCH3 is 1. The Morgan fingerprint density at radius 2 is 1.96 bits per heavy atom. The van der Waals surface area contributed by atoms with E-state index in [9.17, 15) is 4.39 Å². The van der Waals surface area contributed by atoms with E-state index in [-0.39, 0.29) is 29.8 Å². The molecular formula is C19H25FIN3O2. The van der Waals surface area contributed by atoms with Gasteiger partial charge in [-0.3, -0.25) is 4.99 Å². The molecule has 0 radical (unpaired) electrons. The van der Waals surface area contributed by atoms with E-state index < -0.39 is 0 Å². The minimum atomic E-state index is -0.221. The minimum absolute atomic E-state index is 0. The molecule has 142 valence electrons. The van der Waals surface area contributed by atoms with Gasteiger partial charge >= 0.3 is 0 Å². The lowest BCUT2D eigenvalue weighted by Crippen LogP contribution is -2.32. The van der Waals surface area contributed by atoms with Crippen LogP contribution >= 0.6 is 24.0 Å². The van der Waals surface area contributed by atoms with Crippen LogP contribution in [0.2, 0.25) is 0 Å². The molecule has 0 saturated heterocycles. The third kappa shape index (κ3) is 6.70. The van der Waals surface area contributed by atoms with Gasteiger partial charge in [-0.2, -0.15) is 0 Å². The first-order valence-electron chi connectivity index (χ1n) is 8.19. The Bertz CT molecular complexity index is 726. The van der Waals surface area contributed by atoms with Crippen molar-refractivity contribution in [2.75, 3.05) is 32.6 Å². The lowest BCUT2D eigenvalue weighted by molar-refractivity contribution is 0.311. The third-order valence-electron chi connectivity index (χ3n) is 3.54. The molecule has 2 rings (SSSR count). The van der Waals surface area contributed by atoms with E-state index in [4.69, 9.17) is 9.47 Å². The molecule has 0 spiro atoms. The summed E-state index contributed by atoms with van der Waals surface area (Å²) in [6.07, 6.45) is 0.700. The zero-order valence-corrected chi connectivity index (χ0v) is 17.5. The summed E-state index contributed by atoms with van der Waals surface area (Å²) in [7, 11) is 3.31. The maximum atomic E-state index is 13.2. The van der Waals surface area contributed by atoms with E-state index in [0.29, 0.717) is 37.0 Å². The number of rotatable bonds is 7. The Balaban J connectivity index is 0.00000338. The van der Waals surface area contributed by atoms with Crippen LogP contribution in [0.3, 0.4) is 0 Å². The van der Waals surface area contributed by atoms with Gasteiger partial charge in [0.25, 0.3) is 0 Å². The zero-order chi connectivity index (χ0) is 18.1. The van der Waals surface area contributed by atoms with Crippen molar-refractivity contribution in [1.29, 1.82) is 0 Å². The van der Waals surface area contributed by atoms with Gasteiger partial charge in [0.15, 0.2) is 17.5 Å². The highest BCUT2D eigenvalue weighted by atomic mass is 127. The summed E-state index contributed by atoms with van der Waals surface area (Å²) in [6, 6.07) is 12.2. The molecule has 0 aromatic heterocycles. The van der Waals surface area contributed by atoms with Crippen molar-refractivity contribution in [2.45, 2.75) is 13.3 Å². The normalized spacial score (nSPS) is 10.7. The first-order valence-corrected chi connectivity index (χ1v) is 8.19. The number of nitrogens with one attached hydrogen (secondary N) is 2. The molecule has 2 aromatic carbocycles. The number of hydrogen-bond acceptors (Lipinski definition) is 3. The van der Waals surface area contributed by atoms with Crippen LogP contribution < -0.4 is 20.1 Å².